The molecule has 136 valence electrons. The zero-order valence-corrected chi connectivity index (χ0v) is 15.2. The summed E-state index contributed by atoms with van der Waals surface area (Å²) in [6.45, 7) is 1.18. The van der Waals surface area contributed by atoms with E-state index < -0.39 is 6.04 Å². The molecule has 0 bridgehead atoms. The van der Waals surface area contributed by atoms with Crippen molar-refractivity contribution >= 4 is 35.0 Å². The van der Waals surface area contributed by atoms with Gasteiger partial charge in [0.1, 0.15) is 11.8 Å². The van der Waals surface area contributed by atoms with Gasteiger partial charge in [0, 0.05) is 37.2 Å². The molecule has 2 atom stereocenters. The van der Waals surface area contributed by atoms with E-state index in [1.807, 2.05) is 0 Å². The van der Waals surface area contributed by atoms with Gasteiger partial charge in [-0.1, -0.05) is 23.2 Å². The Morgan fingerprint density at radius 3 is 2.48 bits per heavy atom. The lowest BCUT2D eigenvalue weighted by molar-refractivity contribution is -0.135. The summed E-state index contributed by atoms with van der Waals surface area (Å²) in [5.74, 6) is 0.0834. The fraction of sp³-hybridized carbons (Fsp3) is 0.529. The van der Waals surface area contributed by atoms with Gasteiger partial charge in [0.15, 0.2) is 0 Å². The van der Waals surface area contributed by atoms with Gasteiger partial charge in [-0.3, -0.25) is 9.59 Å². The van der Waals surface area contributed by atoms with Gasteiger partial charge in [-0.25, -0.2) is 0 Å². The highest BCUT2D eigenvalue weighted by atomic mass is 35.5. The first-order valence-electron chi connectivity index (χ1n) is 8.38. The van der Waals surface area contributed by atoms with Crippen molar-refractivity contribution < 1.29 is 14.7 Å². The summed E-state index contributed by atoms with van der Waals surface area (Å²) in [5, 5.41) is 13.5. The summed E-state index contributed by atoms with van der Waals surface area (Å²) in [4.78, 5) is 25.5. The molecule has 0 saturated carbocycles. The summed E-state index contributed by atoms with van der Waals surface area (Å²) in [5.41, 5.74) is 6.90. The monoisotopic (exact) mass is 385 g/mol. The van der Waals surface area contributed by atoms with Crippen molar-refractivity contribution in [2.24, 2.45) is 11.7 Å². The summed E-state index contributed by atoms with van der Waals surface area (Å²) < 4.78 is 0. The normalized spacial score (nSPS) is 22.8. The molecule has 6 nitrogen and oxygen atoms in total. The van der Waals surface area contributed by atoms with E-state index in [4.69, 9.17) is 28.9 Å². The highest BCUT2D eigenvalue weighted by molar-refractivity contribution is 6.42. The van der Waals surface area contributed by atoms with Gasteiger partial charge < -0.3 is 21.1 Å². The van der Waals surface area contributed by atoms with Crippen LogP contribution in [0.1, 0.15) is 37.3 Å². The third kappa shape index (κ3) is 3.86. The lowest BCUT2D eigenvalue weighted by Crippen LogP contribution is -2.48. The largest absolute Gasteiger partial charge is 0.508 e. The molecule has 0 aromatic heterocycles. The first-order valence-corrected chi connectivity index (χ1v) is 9.14. The fourth-order valence-electron chi connectivity index (χ4n) is 3.57. The smallest absolute Gasteiger partial charge is 0.245 e. The molecule has 1 aromatic carbocycles. The Balaban J connectivity index is 1.61. The molecule has 0 aliphatic carbocycles. The second-order valence-corrected chi connectivity index (χ2v) is 7.49. The number of nitrogens with two attached hydrogens (primary N) is 1. The molecule has 2 aliphatic heterocycles. The third-order valence-electron chi connectivity index (χ3n) is 5.08. The quantitative estimate of drug-likeness (QED) is 0.742. The van der Waals surface area contributed by atoms with Gasteiger partial charge in [0.05, 0.1) is 10.0 Å². The maximum absolute atomic E-state index is 12.4. The van der Waals surface area contributed by atoms with Crippen LogP contribution in [-0.2, 0) is 9.59 Å². The number of aromatic hydroxyl groups is 1. The Hall–Kier alpha value is -1.50. The lowest BCUT2D eigenvalue weighted by atomic mass is 9.85. The van der Waals surface area contributed by atoms with E-state index in [-0.39, 0.29) is 34.5 Å². The Bertz CT molecular complexity index is 690. The molecule has 2 saturated heterocycles. The molecule has 0 radical (unpaired) electrons. The number of benzene rings is 1. The van der Waals surface area contributed by atoms with E-state index in [0.29, 0.717) is 36.5 Å². The maximum Gasteiger partial charge on any atom is 0.245 e. The van der Waals surface area contributed by atoms with Crippen LogP contribution in [0.3, 0.4) is 0 Å². The zero-order chi connectivity index (χ0) is 18.1. The van der Waals surface area contributed by atoms with E-state index in [0.717, 1.165) is 12.8 Å². The van der Waals surface area contributed by atoms with Crippen LogP contribution in [0.5, 0.6) is 5.75 Å². The van der Waals surface area contributed by atoms with Gasteiger partial charge in [0.2, 0.25) is 11.8 Å². The van der Waals surface area contributed by atoms with Crippen molar-refractivity contribution in [1.29, 1.82) is 0 Å². The number of phenols is 1. The lowest BCUT2D eigenvalue weighted by Gasteiger charge is -2.36. The molecule has 4 N–H and O–H groups in total. The average Bonchev–Trinajstić information content (AvgIpc) is 3.03. The molecular formula is C17H21Cl2N3O3. The number of halogens is 2. The minimum Gasteiger partial charge on any atom is -0.508 e. The number of carbonyl (C=O) groups excluding carboxylic acids is 2. The van der Waals surface area contributed by atoms with Crippen LogP contribution >= 0.6 is 23.2 Å². The van der Waals surface area contributed by atoms with Gasteiger partial charge in [-0.15, -0.1) is 0 Å². The SMILES string of the molecule is N[C@@H](c1cc(Cl)c(Cl)cc1O)C1CCN(C(=O)[C@H]2CCC(=O)N2)CC1. The minimum absolute atomic E-state index is 0.0183. The number of likely N-dealkylation sites (tertiary alicyclic amines) is 1. The average molecular weight is 386 g/mol. The second kappa shape index (κ2) is 7.40. The molecular weight excluding hydrogens is 365 g/mol. The molecule has 2 amide bonds. The maximum atomic E-state index is 12.4. The predicted molar refractivity (Wildman–Crippen MR) is 95.5 cm³/mol. The number of hydrogen-bond donors (Lipinski definition) is 3. The van der Waals surface area contributed by atoms with Crippen molar-refractivity contribution in [3.05, 3.63) is 27.7 Å². The molecule has 2 aliphatic rings. The van der Waals surface area contributed by atoms with Crippen LogP contribution < -0.4 is 11.1 Å². The number of rotatable bonds is 3. The summed E-state index contributed by atoms with van der Waals surface area (Å²) in [6, 6.07) is 2.24. The number of nitrogens with zero attached hydrogens (tertiary/aromatic N) is 1. The molecule has 2 fully saturated rings. The van der Waals surface area contributed by atoms with Crippen LogP contribution in [0.25, 0.3) is 0 Å². The van der Waals surface area contributed by atoms with Crippen LogP contribution in [0.15, 0.2) is 12.1 Å². The van der Waals surface area contributed by atoms with Crippen LogP contribution in [-0.4, -0.2) is 41.0 Å². The number of nitrogens with one attached hydrogen (secondary N) is 1. The molecule has 25 heavy (non-hydrogen) atoms. The molecule has 0 unspecified atom stereocenters. The number of phenolic OH excluding ortho intramolecular Hbond substituents is 1. The first-order chi connectivity index (χ1) is 11.9. The van der Waals surface area contributed by atoms with E-state index in [1.165, 1.54) is 6.07 Å². The van der Waals surface area contributed by atoms with Crippen molar-refractivity contribution in [3.63, 3.8) is 0 Å². The topological polar surface area (TPSA) is 95.7 Å². The molecule has 8 heteroatoms. The van der Waals surface area contributed by atoms with Crippen LogP contribution in [0.4, 0.5) is 0 Å². The van der Waals surface area contributed by atoms with E-state index >= 15 is 0 Å². The van der Waals surface area contributed by atoms with Gasteiger partial charge in [-0.05, 0) is 31.2 Å². The van der Waals surface area contributed by atoms with Crippen molar-refractivity contribution in [2.45, 2.75) is 37.8 Å². The van der Waals surface area contributed by atoms with Gasteiger partial charge >= 0.3 is 0 Å². The van der Waals surface area contributed by atoms with Crippen LogP contribution in [0, 0.1) is 5.92 Å². The minimum atomic E-state index is -0.392. The van der Waals surface area contributed by atoms with Gasteiger partial charge in [-0.2, -0.15) is 0 Å². The van der Waals surface area contributed by atoms with Crippen molar-refractivity contribution in [3.8, 4) is 5.75 Å². The van der Waals surface area contributed by atoms with Crippen molar-refractivity contribution in [1.82, 2.24) is 10.2 Å². The van der Waals surface area contributed by atoms with E-state index in [1.54, 1.807) is 11.0 Å². The number of hydrogen-bond acceptors (Lipinski definition) is 4. The number of carbonyl (C=O) groups is 2. The number of amides is 2. The third-order valence-corrected chi connectivity index (χ3v) is 5.80. The Morgan fingerprint density at radius 1 is 1.24 bits per heavy atom. The van der Waals surface area contributed by atoms with E-state index in [2.05, 4.69) is 5.32 Å². The molecule has 1 aromatic rings. The molecule has 2 heterocycles. The predicted octanol–water partition coefficient (Wildman–Crippen LogP) is 2.22. The van der Waals surface area contributed by atoms with Crippen molar-refractivity contribution in [2.75, 3.05) is 13.1 Å². The zero-order valence-electron chi connectivity index (χ0n) is 13.7. The standard InChI is InChI=1S/C17H21Cl2N3O3/c18-11-7-10(14(23)8-12(11)19)16(20)9-3-5-22(6-4-9)17(25)13-1-2-15(24)21-13/h7-9,13,16,23H,1-6,20H2,(H,21,24)/t13-,16-/m1/s1. The summed E-state index contributed by atoms with van der Waals surface area (Å²) in [6.07, 6.45) is 2.43. The summed E-state index contributed by atoms with van der Waals surface area (Å²) in [7, 11) is 0. The highest BCUT2D eigenvalue weighted by Crippen LogP contribution is 2.37. The van der Waals surface area contributed by atoms with E-state index in [9.17, 15) is 14.7 Å². The molecule has 0 spiro atoms. The Kier molecular flexibility index (Phi) is 5.41. The first kappa shape index (κ1) is 18.3. The van der Waals surface area contributed by atoms with Gasteiger partial charge in [0.25, 0.3) is 0 Å². The Labute approximate surface area is 156 Å². The fourth-order valence-corrected chi connectivity index (χ4v) is 3.90. The second-order valence-electron chi connectivity index (χ2n) is 6.67. The highest BCUT2D eigenvalue weighted by Gasteiger charge is 2.34. The van der Waals surface area contributed by atoms with Crippen LogP contribution in [0.2, 0.25) is 10.0 Å². The number of piperidine rings is 1. The molecule has 3 rings (SSSR count). The summed E-state index contributed by atoms with van der Waals surface area (Å²) >= 11 is 11.9. The Morgan fingerprint density at radius 2 is 1.88 bits per heavy atom.